The maximum absolute atomic E-state index is 5.94. The monoisotopic (exact) mass is 428 g/mol. The molecule has 0 saturated carbocycles. The molecular formula is C19H18As2O2. The van der Waals surface area contributed by atoms with E-state index in [1.54, 1.807) is 33.7 Å². The van der Waals surface area contributed by atoms with Gasteiger partial charge in [0.15, 0.2) is 0 Å². The van der Waals surface area contributed by atoms with Gasteiger partial charge >= 0.3 is 154 Å². The third-order valence-corrected chi connectivity index (χ3v) is 4.99. The van der Waals surface area contributed by atoms with Crippen LogP contribution in [0.1, 0.15) is 5.56 Å². The van der Waals surface area contributed by atoms with E-state index in [0.29, 0.717) is 0 Å². The quantitative estimate of drug-likeness (QED) is 0.593. The molecule has 23 heavy (non-hydrogen) atoms. The van der Waals surface area contributed by atoms with Crippen molar-refractivity contribution in [1.82, 2.24) is 0 Å². The minimum absolute atomic E-state index is 0.816. The van der Waals surface area contributed by atoms with Gasteiger partial charge in [-0.3, -0.25) is 0 Å². The van der Waals surface area contributed by atoms with Gasteiger partial charge in [0.05, 0.1) is 0 Å². The first-order valence-corrected chi connectivity index (χ1v) is 9.70. The molecule has 3 rings (SSSR count). The van der Waals surface area contributed by atoms with Crippen LogP contribution in [-0.4, -0.2) is 33.7 Å². The van der Waals surface area contributed by atoms with Crippen molar-refractivity contribution in [1.29, 1.82) is 0 Å². The van der Waals surface area contributed by atoms with Gasteiger partial charge in [0.1, 0.15) is 0 Å². The molecule has 3 aromatic carbocycles. The molecule has 0 radical (unpaired) electrons. The third-order valence-electron chi connectivity index (χ3n) is 3.37. The van der Waals surface area contributed by atoms with Crippen molar-refractivity contribution in [3.8, 4) is 23.0 Å². The number of hydrogen-bond acceptors (Lipinski definition) is 2. The predicted molar refractivity (Wildman–Crippen MR) is 101 cm³/mol. The van der Waals surface area contributed by atoms with Crippen molar-refractivity contribution >= 4 is 42.4 Å². The molecule has 0 heterocycles. The molecule has 0 aliphatic rings. The molecule has 0 N–H and O–H groups in total. The van der Waals surface area contributed by atoms with Gasteiger partial charge in [0, 0.05) is 0 Å². The van der Waals surface area contributed by atoms with E-state index in [2.05, 4.69) is 24.3 Å². The van der Waals surface area contributed by atoms with E-state index in [-0.39, 0.29) is 0 Å². The van der Waals surface area contributed by atoms with Crippen LogP contribution in [0.15, 0.2) is 66.7 Å². The molecule has 4 heteroatoms. The second kappa shape index (κ2) is 7.30. The summed E-state index contributed by atoms with van der Waals surface area (Å²) in [6.07, 6.45) is 0. The van der Waals surface area contributed by atoms with E-state index in [0.717, 1.165) is 28.6 Å². The van der Waals surface area contributed by atoms with E-state index < -0.39 is 0 Å². The first-order chi connectivity index (χ1) is 11.1. The van der Waals surface area contributed by atoms with Gasteiger partial charge < -0.3 is 0 Å². The molecule has 0 aliphatic heterocycles. The van der Waals surface area contributed by atoms with Crippen LogP contribution in [-0.2, 0) is 0 Å². The van der Waals surface area contributed by atoms with Crippen molar-refractivity contribution in [2.45, 2.75) is 6.92 Å². The zero-order valence-corrected chi connectivity index (χ0v) is 17.7. The van der Waals surface area contributed by atoms with E-state index >= 15 is 0 Å². The van der Waals surface area contributed by atoms with Crippen LogP contribution < -0.4 is 18.2 Å². The van der Waals surface area contributed by atoms with Crippen LogP contribution in [0.4, 0.5) is 0 Å². The fourth-order valence-electron chi connectivity index (χ4n) is 2.13. The van der Waals surface area contributed by atoms with Crippen molar-refractivity contribution in [2.24, 2.45) is 0 Å². The molecule has 116 valence electrons. The number of ether oxygens (including phenoxy) is 2. The van der Waals surface area contributed by atoms with Crippen LogP contribution in [0.5, 0.6) is 23.0 Å². The average molecular weight is 428 g/mol. The topological polar surface area (TPSA) is 18.5 Å². The Kier molecular flexibility index (Phi) is 5.15. The third kappa shape index (κ3) is 4.44. The molecule has 0 spiro atoms. The summed E-state index contributed by atoms with van der Waals surface area (Å²) in [5, 5.41) is 0. The summed E-state index contributed by atoms with van der Waals surface area (Å²) in [5.74, 6) is 3.36. The van der Waals surface area contributed by atoms with Crippen LogP contribution in [0.2, 0.25) is 0 Å². The Morgan fingerprint density at radius 1 is 0.609 bits per heavy atom. The Balaban J connectivity index is 1.75. The summed E-state index contributed by atoms with van der Waals surface area (Å²) in [6.45, 7) is 2.02. The van der Waals surface area contributed by atoms with Crippen LogP contribution in [0.3, 0.4) is 0 Å². The molecule has 0 aromatic heterocycles. The fourth-order valence-corrected chi connectivity index (χ4v) is 2.94. The number of benzene rings is 3. The Morgan fingerprint density at radius 2 is 1.09 bits per heavy atom. The second-order valence-corrected chi connectivity index (χ2v) is 8.07. The molecule has 0 bridgehead atoms. The summed E-state index contributed by atoms with van der Waals surface area (Å²) in [6, 6.07) is 22.1. The Bertz CT molecular complexity index is 797. The van der Waals surface area contributed by atoms with Gasteiger partial charge in [-0.25, -0.2) is 0 Å². The molecule has 3 aromatic rings. The zero-order valence-electron chi connectivity index (χ0n) is 12.8. The Labute approximate surface area is 153 Å². The first kappa shape index (κ1) is 16.2. The second-order valence-electron chi connectivity index (χ2n) is 5.27. The first-order valence-electron chi connectivity index (χ1n) is 7.27. The number of rotatable bonds is 4. The van der Waals surface area contributed by atoms with E-state index in [1.165, 1.54) is 8.70 Å². The standard InChI is InChI=1S/C19H18As2O2/c1-13-12-18(22-16-6-2-14(20)3-7-16)10-11-19(13)23-17-8-4-15(21)5-9-17/h2-12H,20-21H2,1H3. The summed E-state index contributed by atoms with van der Waals surface area (Å²) in [4.78, 5) is 0. The molecular weight excluding hydrogens is 410 g/mol. The predicted octanol–water partition coefficient (Wildman–Crippen LogP) is 2.10. The Hall–Kier alpha value is -1.62. The van der Waals surface area contributed by atoms with Gasteiger partial charge in [-0.15, -0.1) is 0 Å². The molecule has 0 amide bonds. The van der Waals surface area contributed by atoms with Crippen molar-refractivity contribution in [2.75, 3.05) is 0 Å². The molecule has 0 saturated heterocycles. The fraction of sp³-hybridized carbons (Fsp3) is 0.0526. The summed E-state index contributed by atoms with van der Waals surface area (Å²) in [7, 11) is 0. The SMILES string of the molecule is Cc1cc(Oc2ccc([AsH2])cc2)ccc1Oc1ccc([AsH2])cc1. The van der Waals surface area contributed by atoms with Crippen LogP contribution >= 0.6 is 0 Å². The molecule has 0 fully saturated rings. The van der Waals surface area contributed by atoms with E-state index in [1.807, 2.05) is 49.4 Å². The maximum atomic E-state index is 5.94. The van der Waals surface area contributed by atoms with Crippen molar-refractivity contribution in [3.05, 3.63) is 72.3 Å². The van der Waals surface area contributed by atoms with Gasteiger partial charge in [0.25, 0.3) is 0 Å². The van der Waals surface area contributed by atoms with Gasteiger partial charge in [-0.2, -0.15) is 0 Å². The van der Waals surface area contributed by atoms with Gasteiger partial charge in [-0.05, 0) is 0 Å². The van der Waals surface area contributed by atoms with Crippen molar-refractivity contribution in [3.63, 3.8) is 0 Å². The summed E-state index contributed by atoms with van der Waals surface area (Å²) in [5.41, 5.74) is 1.04. The summed E-state index contributed by atoms with van der Waals surface area (Å²) < 4.78 is 14.4. The Morgan fingerprint density at radius 3 is 1.61 bits per heavy atom. The molecule has 0 aliphatic carbocycles. The molecule has 2 atom stereocenters. The van der Waals surface area contributed by atoms with Gasteiger partial charge in [0.2, 0.25) is 0 Å². The average Bonchev–Trinajstić information content (AvgIpc) is 2.54. The molecule has 2 nitrogen and oxygen atoms in total. The van der Waals surface area contributed by atoms with Crippen molar-refractivity contribution < 1.29 is 9.47 Å². The van der Waals surface area contributed by atoms with E-state index in [4.69, 9.17) is 9.47 Å². The molecule has 2 unspecified atom stereocenters. The van der Waals surface area contributed by atoms with Gasteiger partial charge in [-0.1, -0.05) is 0 Å². The normalized spacial score (nSPS) is 10.4. The number of hydrogen-bond donors (Lipinski definition) is 0. The van der Waals surface area contributed by atoms with E-state index in [9.17, 15) is 0 Å². The van der Waals surface area contributed by atoms with Crippen LogP contribution in [0, 0.1) is 6.92 Å². The van der Waals surface area contributed by atoms with Crippen LogP contribution in [0.25, 0.3) is 0 Å². The summed E-state index contributed by atoms with van der Waals surface area (Å²) >= 11 is 3.22. The minimum atomic E-state index is 0.816. The number of aryl methyl sites for hydroxylation is 1. The zero-order chi connectivity index (χ0) is 16.2.